The van der Waals surface area contributed by atoms with Gasteiger partial charge in [0.25, 0.3) is 0 Å². The molecule has 1 heterocycles. The molecule has 0 radical (unpaired) electrons. The number of hydrogen-bond donors (Lipinski definition) is 1. The molecule has 16 heavy (non-hydrogen) atoms. The lowest BCUT2D eigenvalue weighted by Gasteiger charge is -2.04. The molecule has 0 aliphatic heterocycles. The van der Waals surface area contributed by atoms with E-state index in [0.717, 1.165) is 0 Å². The summed E-state index contributed by atoms with van der Waals surface area (Å²) in [6.07, 6.45) is 2.99. The Balaban J connectivity index is 2.55. The van der Waals surface area contributed by atoms with E-state index in [2.05, 4.69) is 9.97 Å². The molecular weight excluding hydrogens is 228 g/mol. The Kier molecular flexibility index (Phi) is 2.83. The number of carbonyl (C=O) groups is 1. The average Bonchev–Trinajstić information content (AvgIpc) is 2.30. The Labute approximate surface area is 96.6 Å². The van der Waals surface area contributed by atoms with Crippen molar-refractivity contribution in [1.82, 2.24) is 9.97 Å². The van der Waals surface area contributed by atoms with Gasteiger partial charge in [0.15, 0.2) is 0 Å². The number of aromatic nitrogens is 2. The van der Waals surface area contributed by atoms with E-state index in [9.17, 15) is 4.79 Å². The van der Waals surface area contributed by atoms with Crippen LogP contribution < -0.4 is 0 Å². The maximum Gasteiger partial charge on any atom is 0.336 e. The molecule has 1 N–H and O–H groups in total. The summed E-state index contributed by atoms with van der Waals surface area (Å²) in [5.41, 5.74) is 1.42. The third-order valence-corrected chi connectivity index (χ3v) is 2.28. The van der Waals surface area contributed by atoms with Gasteiger partial charge in [-0.05, 0) is 23.2 Å². The van der Waals surface area contributed by atoms with Gasteiger partial charge in [0.2, 0.25) is 5.28 Å². The third kappa shape index (κ3) is 2.01. The molecule has 0 saturated carbocycles. The standard InChI is InChI=1S/C11H7ClN2O2/c12-11-13-5-7(6-14-11)8-3-1-2-4-9(8)10(15)16/h1-6H,(H,15,16). The minimum absolute atomic E-state index is 0.136. The van der Waals surface area contributed by atoms with Crippen molar-refractivity contribution in [3.63, 3.8) is 0 Å². The van der Waals surface area contributed by atoms with Crippen LogP contribution in [0.1, 0.15) is 10.4 Å². The van der Waals surface area contributed by atoms with Crippen LogP contribution in [-0.4, -0.2) is 21.0 Å². The minimum Gasteiger partial charge on any atom is -0.478 e. The van der Waals surface area contributed by atoms with Gasteiger partial charge < -0.3 is 5.11 Å². The van der Waals surface area contributed by atoms with E-state index in [-0.39, 0.29) is 10.8 Å². The Morgan fingerprint density at radius 2 is 1.81 bits per heavy atom. The zero-order valence-electron chi connectivity index (χ0n) is 8.09. The quantitative estimate of drug-likeness (QED) is 0.811. The zero-order valence-corrected chi connectivity index (χ0v) is 8.85. The van der Waals surface area contributed by atoms with Crippen molar-refractivity contribution in [3.05, 3.63) is 47.5 Å². The van der Waals surface area contributed by atoms with E-state index in [1.54, 1.807) is 18.2 Å². The van der Waals surface area contributed by atoms with Gasteiger partial charge in [-0.15, -0.1) is 0 Å². The van der Waals surface area contributed by atoms with Crippen molar-refractivity contribution >= 4 is 17.6 Å². The number of carboxylic acids is 1. The molecule has 0 aliphatic carbocycles. The maximum absolute atomic E-state index is 11.0. The summed E-state index contributed by atoms with van der Waals surface area (Å²) in [4.78, 5) is 18.6. The van der Waals surface area contributed by atoms with E-state index < -0.39 is 5.97 Å². The molecule has 0 aliphatic rings. The van der Waals surface area contributed by atoms with Crippen molar-refractivity contribution in [2.24, 2.45) is 0 Å². The first-order chi connectivity index (χ1) is 7.68. The third-order valence-electron chi connectivity index (χ3n) is 2.09. The summed E-state index contributed by atoms with van der Waals surface area (Å²) in [5.74, 6) is -0.981. The fourth-order valence-corrected chi connectivity index (χ4v) is 1.47. The van der Waals surface area contributed by atoms with Crippen LogP contribution in [0, 0.1) is 0 Å². The van der Waals surface area contributed by atoms with E-state index in [4.69, 9.17) is 16.7 Å². The molecule has 0 saturated heterocycles. The lowest BCUT2D eigenvalue weighted by molar-refractivity contribution is 0.0698. The molecule has 2 aromatic rings. The van der Waals surface area contributed by atoms with Gasteiger partial charge in [0, 0.05) is 18.0 Å². The number of aromatic carboxylic acids is 1. The summed E-state index contributed by atoms with van der Waals surface area (Å²) >= 11 is 5.56. The monoisotopic (exact) mass is 234 g/mol. The smallest absolute Gasteiger partial charge is 0.336 e. The SMILES string of the molecule is O=C(O)c1ccccc1-c1cnc(Cl)nc1. The number of benzene rings is 1. The van der Waals surface area contributed by atoms with Gasteiger partial charge in [0.1, 0.15) is 0 Å². The van der Waals surface area contributed by atoms with Gasteiger partial charge in [-0.1, -0.05) is 18.2 Å². The highest BCUT2D eigenvalue weighted by molar-refractivity contribution is 6.28. The van der Waals surface area contributed by atoms with Crippen molar-refractivity contribution in [1.29, 1.82) is 0 Å². The van der Waals surface area contributed by atoms with Crippen molar-refractivity contribution in [3.8, 4) is 11.1 Å². The minimum atomic E-state index is -0.981. The fraction of sp³-hybridized carbons (Fsp3) is 0. The van der Waals surface area contributed by atoms with Crippen molar-refractivity contribution in [2.75, 3.05) is 0 Å². The lowest BCUT2D eigenvalue weighted by atomic mass is 10.0. The average molecular weight is 235 g/mol. The highest BCUT2D eigenvalue weighted by atomic mass is 35.5. The Morgan fingerprint density at radius 3 is 2.44 bits per heavy atom. The predicted molar refractivity (Wildman–Crippen MR) is 59.4 cm³/mol. The van der Waals surface area contributed by atoms with Crippen LogP contribution in [0.15, 0.2) is 36.7 Å². The molecular formula is C11H7ClN2O2. The van der Waals surface area contributed by atoms with Gasteiger partial charge in [-0.2, -0.15) is 0 Å². The highest BCUT2D eigenvalue weighted by Crippen LogP contribution is 2.22. The molecule has 80 valence electrons. The van der Waals surface area contributed by atoms with E-state index in [1.165, 1.54) is 18.5 Å². The van der Waals surface area contributed by atoms with Crippen LogP contribution in [0.5, 0.6) is 0 Å². The number of nitrogens with zero attached hydrogens (tertiary/aromatic N) is 2. The van der Waals surface area contributed by atoms with E-state index in [0.29, 0.717) is 11.1 Å². The van der Waals surface area contributed by atoms with Gasteiger partial charge >= 0.3 is 5.97 Å². The summed E-state index contributed by atoms with van der Waals surface area (Å²) in [5, 5.41) is 9.15. The molecule has 0 spiro atoms. The summed E-state index contributed by atoms with van der Waals surface area (Å²) in [7, 11) is 0. The van der Waals surface area contributed by atoms with E-state index >= 15 is 0 Å². The van der Waals surface area contributed by atoms with E-state index in [1.807, 2.05) is 0 Å². The first-order valence-electron chi connectivity index (χ1n) is 4.49. The highest BCUT2D eigenvalue weighted by Gasteiger charge is 2.10. The molecule has 1 aromatic carbocycles. The Bertz CT molecular complexity index is 526. The number of halogens is 1. The topological polar surface area (TPSA) is 63.1 Å². The normalized spacial score (nSPS) is 10.1. The van der Waals surface area contributed by atoms with Gasteiger partial charge in [0.05, 0.1) is 5.56 Å². The molecule has 1 aromatic heterocycles. The predicted octanol–water partition coefficient (Wildman–Crippen LogP) is 2.50. The van der Waals surface area contributed by atoms with Crippen LogP contribution >= 0.6 is 11.6 Å². The molecule has 0 bridgehead atoms. The Morgan fingerprint density at radius 1 is 1.19 bits per heavy atom. The first-order valence-corrected chi connectivity index (χ1v) is 4.86. The second-order valence-electron chi connectivity index (χ2n) is 3.09. The molecule has 2 rings (SSSR count). The maximum atomic E-state index is 11.0. The Hall–Kier alpha value is -1.94. The summed E-state index contributed by atoms with van der Waals surface area (Å²) in [6, 6.07) is 6.67. The second kappa shape index (κ2) is 4.28. The molecule has 0 atom stereocenters. The van der Waals surface area contributed by atoms with Crippen molar-refractivity contribution in [2.45, 2.75) is 0 Å². The molecule has 5 heteroatoms. The van der Waals surface area contributed by atoms with Gasteiger partial charge in [-0.3, -0.25) is 0 Å². The van der Waals surface area contributed by atoms with Crippen LogP contribution in [0.4, 0.5) is 0 Å². The van der Waals surface area contributed by atoms with Crippen LogP contribution in [0.3, 0.4) is 0 Å². The molecule has 4 nitrogen and oxygen atoms in total. The zero-order chi connectivity index (χ0) is 11.5. The largest absolute Gasteiger partial charge is 0.478 e. The number of carboxylic acid groups (broad SMARTS) is 1. The fourth-order valence-electron chi connectivity index (χ4n) is 1.37. The molecule has 0 unspecified atom stereocenters. The second-order valence-corrected chi connectivity index (χ2v) is 3.43. The summed E-state index contributed by atoms with van der Waals surface area (Å²) < 4.78 is 0. The van der Waals surface area contributed by atoms with Crippen LogP contribution in [0.25, 0.3) is 11.1 Å². The number of rotatable bonds is 2. The van der Waals surface area contributed by atoms with Crippen molar-refractivity contribution < 1.29 is 9.90 Å². The van der Waals surface area contributed by atoms with Crippen LogP contribution in [0.2, 0.25) is 5.28 Å². The molecule has 0 fully saturated rings. The van der Waals surface area contributed by atoms with Crippen LogP contribution in [-0.2, 0) is 0 Å². The first kappa shape index (κ1) is 10.6. The number of hydrogen-bond acceptors (Lipinski definition) is 3. The lowest BCUT2D eigenvalue weighted by Crippen LogP contribution is -1.99. The van der Waals surface area contributed by atoms with Gasteiger partial charge in [-0.25, -0.2) is 14.8 Å². The summed E-state index contributed by atoms with van der Waals surface area (Å²) in [6.45, 7) is 0. The molecule has 0 amide bonds.